The smallest absolute Gasteiger partial charge is 0.233 e. The Morgan fingerprint density at radius 3 is 2.67 bits per heavy atom. The van der Waals surface area contributed by atoms with Crippen LogP contribution in [0.25, 0.3) is 0 Å². The van der Waals surface area contributed by atoms with Gasteiger partial charge in [0, 0.05) is 7.05 Å². The predicted molar refractivity (Wildman–Crippen MR) is 75.2 cm³/mol. The summed E-state index contributed by atoms with van der Waals surface area (Å²) in [5, 5.41) is 9.40. The molecule has 1 aliphatic rings. The van der Waals surface area contributed by atoms with Gasteiger partial charge in [0.15, 0.2) is 0 Å². The maximum atomic E-state index is 12.1. The Labute approximate surface area is 114 Å². The van der Waals surface area contributed by atoms with Crippen molar-refractivity contribution in [2.45, 2.75) is 44.1 Å². The summed E-state index contributed by atoms with van der Waals surface area (Å²) >= 11 is 1.61. The van der Waals surface area contributed by atoms with E-state index in [2.05, 4.69) is 6.07 Å². The second-order valence-electron chi connectivity index (χ2n) is 4.85. The van der Waals surface area contributed by atoms with E-state index in [1.807, 2.05) is 0 Å². The monoisotopic (exact) mass is 269 g/mol. The van der Waals surface area contributed by atoms with Gasteiger partial charge in [-0.3, -0.25) is 4.79 Å². The van der Waals surface area contributed by atoms with E-state index in [-0.39, 0.29) is 5.91 Å². The van der Waals surface area contributed by atoms with E-state index in [0.717, 1.165) is 37.9 Å². The highest BCUT2D eigenvalue weighted by molar-refractivity contribution is 7.99. The molecule has 0 atom stereocenters. The van der Waals surface area contributed by atoms with Crippen LogP contribution >= 0.6 is 11.8 Å². The molecule has 1 fully saturated rings. The van der Waals surface area contributed by atoms with Crippen LogP contribution in [0.4, 0.5) is 0 Å². The third-order valence-electron chi connectivity index (χ3n) is 3.62. The molecule has 18 heavy (non-hydrogen) atoms. The summed E-state index contributed by atoms with van der Waals surface area (Å²) in [4.78, 5) is 13.8. The number of hydrogen-bond donors (Lipinski definition) is 1. The molecule has 0 unspecified atom stereocenters. The van der Waals surface area contributed by atoms with E-state index < -0.39 is 5.54 Å². The van der Waals surface area contributed by atoms with Crippen LogP contribution in [0.5, 0.6) is 0 Å². The summed E-state index contributed by atoms with van der Waals surface area (Å²) in [5.74, 6) is 1.44. The van der Waals surface area contributed by atoms with Gasteiger partial charge in [-0.2, -0.15) is 17.0 Å². The Morgan fingerprint density at radius 1 is 1.44 bits per heavy atom. The second-order valence-corrected chi connectivity index (χ2v) is 5.96. The van der Waals surface area contributed by atoms with E-state index in [0.29, 0.717) is 12.3 Å². The zero-order valence-electron chi connectivity index (χ0n) is 11.2. The Bertz CT molecular complexity index is 308. The first-order chi connectivity index (χ1) is 8.66. The molecule has 0 bridgehead atoms. The molecule has 0 aliphatic heterocycles. The largest absolute Gasteiger partial charge is 0.330 e. The van der Waals surface area contributed by atoms with Gasteiger partial charge in [-0.05, 0) is 31.6 Å². The van der Waals surface area contributed by atoms with Gasteiger partial charge >= 0.3 is 0 Å². The molecule has 5 heteroatoms. The molecule has 0 aromatic heterocycles. The number of nitrogens with zero attached hydrogens (tertiary/aromatic N) is 2. The molecule has 102 valence electrons. The molecule has 1 amide bonds. The van der Waals surface area contributed by atoms with E-state index in [9.17, 15) is 10.1 Å². The number of carbonyl (C=O) groups excluding carboxylic acids is 1. The number of nitriles is 1. The summed E-state index contributed by atoms with van der Waals surface area (Å²) in [7, 11) is 1.78. The van der Waals surface area contributed by atoms with Crippen molar-refractivity contribution in [1.29, 1.82) is 5.26 Å². The highest BCUT2D eigenvalue weighted by Gasteiger charge is 2.38. The van der Waals surface area contributed by atoms with Crippen LogP contribution in [-0.2, 0) is 4.79 Å². The summed E-state index contributed by atoms with van der Waals surface area (Å²) in [5.41, 5.74) is 4.86. The molecular formula is C13H23N3OS. The third kappa shape index (κ3) is 3.89. The van der Waals surface area contributed by atoms with Gasteiger partial charge in [0.1, 0.15) is 5.54 Å². The molecule has 2 N–H and O–H groups in total. The minimum atomic E-state index is -0.552. The Hall–Kier alpha value is -0.730. The second kappa shape index (κ2) is 7.65. The molecule has 1 saturated carbocycles. The summed E-state index contributed by atoms with van der Waals surface area (Å²) in [6.07, 6.45) is 5.84. The van der Waals surface area contributed by atoms with E-state index >= 15 is 0 Å². The topological polar surface area (TPSA) is 70.1 Å². The maximum absolute atomic E-state index is 12.1. The average molecular weight is 269 g/mol. The highest BCUT2D eigenvalue weighted by atomic mass is 32.2. The van der Waals surface area contributed by atoms with Crippen LogP contribution in [0.15, 0.2) is 0 Å². The van der Waals surface area contributed by atoms with Crippen molar-refractivity contribution in [3.8, 4) is 6.07 Å². The Balaban J connectivity index is 2.48. The van der Waals surface area contributed by atoms with Gasteiger partial charge in [0.2, 0.25) is 5.91 Å². The van der Waals surface area contributed by atoms with Gasteiger partial charge in [-0.1, -0.05) is 19.3 Å². The number of rotatable bonds is 6. The summed E-state index contributed by atoms with van der Waals surface area (Å²) in [6.45, 7) is 0.666. The van der Waals surface area contributed by atoms with Crippen LogP contribution in [0.2, 0.25) is 0 Å². The van der Waals surface area contributed by atoms with E-state index in [4.69, 9.17) is 5.73 Å². The molecule has 0 spiro atoms. The molecule has 0 radical (unpaired) electrons. The van der Waals surface area contributed by atoms with Crippen molar-refractivity contribution in [3.05, 3.63) is 0 Å². The zero-order chi connectivity index (χ0) is 13.4. The average Bonchev–Trinajstić information content (AvgIpc) is 2.43. The van der Waals surface area contributed by atoms with Crippen LogP contribution in [0.3, 0.4) is 0 Å². The predicted octanol–water partition coefficient (Wildman–Crippen LogP) is 1.75. The first-order valence-corrected chi connectivity index (χ1v) is 7.77. The Morgan fingerprint density at radius 2 is 2.11 bits per heavy atom. The van der Waals surface area contributed by atoms with Gasteiger partial charge in [0.05, 0.1) is 11.8 Å². The van der Waals surface area contributed by atoms with Crippen LogP contribution in [-0.4, -0.2) is 41.4 Å². The number of carbonyl (C=O) groups is 1. The van der Waals surface area contributed by atoms with Gasteiger partial charge in [0.25, 0.3) is 0 Å². The SMILES string of the molecule is CN(C(=O)CSCCCN)C1(C#N)CCCCC1. The first kappa shape index (κ1) is 15.3. The van der Waals surface area contributed by atoms with Gasteiger partial charge < -0.3 is 10.6 Å². The lowest BCUT2D eigenvalue weighted by molar-refractivity contribution is -0.131. The normalized spacial score (nSPS) is 18.1. The van der Waals surface area contributed by atoms with Crippen LogP contribution in [0, 0.1) is 11.3 Å². The molecule has 0 aromatic rings. The molecule has 0 saturated heterocycles. The van der Waals surface area contributed by atoms with Gasteiger partial charge in [-0.25, -0.2) is 0 Å². The lowest BCUT2D eigenvalue weighted by Gasteiger charge is -2.39. The number of hydrogen-bond acceptors (Lipinski definition) is 4. The molecule has 1 rings (SSSR count). The van der Waals surface area contributed by atoms with Crippen molar-refractivity contribution >= 4 is 17.7 Å². The van der Waals surface area contributed by atoms with E-state index in [1.165, 1.54) is 6.42 Å². The first-order valence-electron chi connectivity index (χ1n) is 6.62. The summed E-state index contributed by atoms with van der Waals surface area (Å²) in [6, 6.07) is 2.38. The molecular weight excluding hydrogens is 246 g/mol. The quantitative estimate of drug-likeness (QED) is 0.746. The molecule has 1 aliphatic carbocycles. The van der Waals surface area contributed by atoms with Crippen LogP contribution in [0.1, 0.15) is 38.5 Å². The van der Waals surface area contributed by atoms with Crippen molar-refractivity contribution in [3.63, 3.8) is 0 Å². The summed E-state index contributed by atoms with van der Waals surface area (Å²) < 4.78 is 0. The minimum Gasteiger partial charge on any atom is -0.330 e. The van der Waals surface area contributed by atoms with Gasteiger partial charge in [-0.15, -0.1) is 0 Å². The molecule has 0 aromatic carbocycles. The fourth-order valence-electron chi connectivity index (χ4n) is 2.34. The molecule has 0 heterocycles. The lowest BCUT2D eigenvalue weighted by atomic mass is 9.81. The standard InChI is InChI=1S/C13H23N3OS/c1-16(12(17)10-18-9-5-8-14)13(11-15)6-3-2-4-7-13/h2-10,14H2,1H3. The number of amides is 1. The van der Waals surface area contributed by atoms with E-state index in [1.54, 1.807) is 23.7 Å². The zero-order valence-corrected chi connectivity index (χ0v) is 12.0. The van der Waals surface area contributed by atoms with Crippen molar-refractivity contribution in [2.24, 2.45) is 5.73 Å². The Kier molecular flexibility index (Phi) is 6.51. The van der Waals surface area contributed by atoms with Crippen molar-refractivity contribution in [1.82, 2.24) is 4.90 Å². The maximum Gasteiger partial charge on any atom is 0.233 e. The van der Waals surface area contributed by atoms with Crippen molar-refractivity contribution < 1.29 is 4.79 Å². The van der Waals surface area contributed by atoms with Crippen molar-refractivity contribution in [2.75, 3.05) is 25.1 Å². The fourth-order valence-corrected chi connectivity index (χ4v) is 3.22. The lowest BCUT2D eigenvalue weighted by Crippen LogP contribution is -2.50. The van der Waals surface area contributed by atoms with Crippen LogP contribution < -0.4 is 5.73 Å². The fraction of sp³-hybridized carbons (Fsp3) is 0.846. The number of nitrogens with two attached hydrogens (primary N) is 1. The minimum absolute atomic E-state index is 0.0699. The third-order valence-corrected chi connectivity index (χ3v) is 4.65. The molecule has 4 nitrogen and oxygen atoms in total. The highest BCUT2D eigenvalue weighted by Crippen LogP contribution is 2.32. The number of thioether (sulfide) groups is 1.